The van der Waals surface area contributed by atoms with Crippen molar-refractivity contribution in [3.63, 3.8) is 0 Å². The summed E-state index contributed by atoms with van der Waals surface area (Å²) in [7, 11) is 1.71. The second-order valence-electron chi connectivity index (χ2n) is 6.55. The second-order valence-corrected chi connectivity index (χ2v) is 7.49. The van der Waals surface area contributed by atoms with Crippen LogP contribution in [0, 0.1) is 6.92 Å². The number of anilines is 1. The van der Waals surface area contributed by atoms with Gasteiger partial charge < -0.3 is 10.1 Å². The van der Waals surface area contributed by atoms with Crippen LogP contribution < -0.4 is 10.9 Å². The van der Waals surface area contributed by atoms with E-state index in [1.807, 2.05) is 18.2 Å². The van der Waals surface area contributed by atoms with Crippen LogP contribution in [0.5, 0.6) is 0 Å². The Balaban J connectivity index is 1.57. The van der Waals surface area contributed by atoms with Gasteiger partial charge in [0.05, 0.1) is 22.7 Å². The van der Waals surface area contributed by atoms with Crippen molar-refractivity contribution in [2.24, 2.45) is 7.05 Å². The fraction of sp³-hybridized carbons (Fsp3) is 0.238. The first-order chi connectivity index (χ1) is 14.4. The number of esters is 1. The van der Waals surface area contributed by atoms with E-state index in [0.717, 1.165) is 0 Å². The summed E-state index contributed by atoms with van der Waals surface area (Å²) >= 11 is 1.31. The van der Waals surface area contributed by atoms with Gasteiger partial charge in [0.25, 0.3) is 11.5 Å². The molecule has 2 aromatic heterocycles. The first-order valence-electron chi connectivity index (χ1n) is 9.24. The zero-order valence-electron chi connectivity index (χ0n) is 16.6. The molecular formula is C21H21N3O5S. The van der Waals surface area contributed by atoms with Crippen molar-refractivity contribution in [3.05, 3.63) is 68.8 Å². The van der Waals surface area contributed by atoms with Crippen molar-refractivity contribution < 1.29 is 19.1 Å². The Labute approximate surface area is 176 Å². The third-order valence-electron chi connectivity index (χ3n) is 4.54. The molecule has 8 nitrogen and oxygen atoms in total. The molecule has 0 aliphatic rings. The normalized spacial score (nSPS) is 10.6. The van der Waals surface area contributed by atoms with E-state index in [-0.39, 0.29) is 29.9 Å². The molecule has 3 rings (SSSR count). The number of thiophene rings is 1. The minimum atomic E-state index is -0.651. The lowest BCUT2D eigenvalue weighted by atomic mass is 10.2. The fourth-order valence-electron chi connectivity index (χ4n) is 2.88. The van der Waals surface area contributed by atoms with Gasteiger partial charge in [-0.2, -0.15) is 0 Å². The van der Waals surface area contributed by atoms with Crippen molar-refractivity contribution in [3.8, 4) is 5.69 Å². The summed E-state index contributed by atoms with van der Waals surface area (Å²) in [4.78, 5) is 49.3. The molecule has 3 aromatic rings. The number of ketones is 1. The molecule has 0 saturated carbocycles. The van der Waals surface area contributed by atoms with Crippen LogP contribution in [-0.4, -0.2) is 33.6 Å². The van der Waals surface area contributed by atoms with Crippen LogP contribution in [0.15, 0.2) is 52.6 Å². The van der Waals surface area contributed by atoms with Crippen LogP contribution in [0.4, 0.5) is 5.69 Å². The minimum absolute atomic E-state index is 0.0144. The third-order valence-corrected chi connectivity index (χ3v) is 5.45. The van der Waals surface area contributed by atoms with E-state index in [4.69, 9.17) is 4.74 Å². The number of hydrogen-bond donors (Lipinski definition) is 1. The number of para-hydroxylation sites is 1. The highest BCUT2D eigenvalue weighted by molar-refractivity contribution is 7.12. The Bertz CT molecular complexity index is 1110. The zero-order chi connectivity index (χ0) is 21.7. The van der Waals surface area contributed by atoms with E-state index in [1.165, 1.54) is 16.0 Å². The van der Waals surface area contributed by atoms with Gasteiger partial charge in [0.15, 0.2) is 12.4 Å². The summed E-state index contributed by atoms with van der Waals surface area (Å²) in [6.07, 6.45) is -0.101. The first kappa shape index (κ1) is 21.3. The number of aromatic nitrogens is 2. The van der Waals surface area contributed by atoms with Crippen LogP contribution in [-0.2, 0) is 21.4 Å². The molecule has 0 fully saturated rings. The molecule has 0 aliphatic heterocycles. The molecule has 1 aromatic carbocycles. The maximum absolute atomic E-state index is 12.8. The molecule has 2 heterocycles. The highest BCUT2D eigenvalue weighted by Crippen LogP contribution is 2.14. The third kappa shape index (κ3) is 4.74. The monoisotopic (exact) mass is 427 g/mol. The molecule has 0 spiro atoms. The zero-order valence-corrected chi connectivity index (χ0v) is 17.4. The number of benzene rings is 1. The van der Waals surface area contributed by atoms with E-state index in [2.05, 4.69) is 5.32 Å². The van der Waals surface area contributed by atoms with Crippen LogP contribution >= 0.6 is 11.3 Å². The van der Waals surface area contributed by atoms with Crippen molar-refractivity contribution >= 4 is 34.7 Å². The van der Waals surface area contributed by atoms with E-state index in [1.54, 1.807) is 48.3 Å². The molecule has 0 radical (unpaired) electrons. The Kier molecular flexibility index (Phi) is 6.63. The number of hydrogen-bond acceptors (Lipinski definition) is 6. The van der Waals surface area contributed by atoms with Crippen molar-refractivity contribution in [1.29, 1.82) is 0 Å². The number of carbonyl (C=O) groups excluding carboxylic acids is 3. The van der Waals surface area contributed by atoms with Gasteiger partial charge in [-0.1, -0.05) is 24.3 Å². The predicted octanol–water partition coefficient (Wildman–Crippen LogP) is 2.69. The Morgan fingerprint density at radius 3 is 2.47 bits per heavy atom. The first-order valence-corrected chi connectivity index (χ1v) is 10.1. The average Bonchev–Trinajstić information content (AvgIpc) is 3.35. The van der Waals surface area contributed by atoms with Gasteiger partial charge in [-0.15, -0.1) is 11.3 Å². The summed E-state index contributed by atoms with van der Waals surface area (Å²) in [6, 6.07) is 12.5. The molecule has 1 amide bonds. The summed E-state index contributed by atoms with van der Waals surface area (Å²) < 4.78 is 8.00. The summed E-state index contributed by atoms with van der Waals surface area (Å²) in [5.74, 6) is -1.42. The summed E-state index contributed by atoms with van der Waals surface area (Å²) in [5, 5.41) is 4.30. The number of carbonyl (C=O) groups is 3. The average molecular weight is 427 g/mol. The van der Waals surface area contributed by atoms with Gasteiger partial charge in [-0.05, 0) is 30.5 Å². The van der Waals surface area contributed by atoms with Gasteiger partial charge in [0, 0.05) is 13.5 Å². The van der Waals surface area contributed by atoms with E-state index in [9.17, 15) is 19.2 Å². The minimum Gasteiger partial charge on any atom is -0.456 e. The number of Topliss-reactive ketones (excluding diaryl/α,β-unsaturated/α-hetero) is 1. The number of rotatable bonds is 8. The highest BCUT2D eigenvalue weighted by Gasteiger charge is 2.19. The van der Waals surface area contributed by atoms with Crippen molar-refractivity contribution in [2.75, 3.05) is 11.9 Å². The molecule has 0 saturated heterocycles. The SMILES string of the molecule is Cc1c(NC(=O)COC(=O)CCC(=O)c2cccs2)c(=O)n(-c2ccccc2)n1C. The molecule has 30 heavy (non-hydrogen) atoms. The van der Waals surface area contributed by atoms with Crippen LogP contribution in [0.3, 0.4) is 0 Å². The number of nitrogens with one attached hydrogen (secondary N) is 1. The molecule has 0 unspecified atom stereocenters. The molecule has 1 N–H and O–H groups in total. The molecule has 0 atom stereocenters. The van der Waals surface area contributed by atoms with Gasteiger partial charge in [-0.25, -0.2) is 4.68 Å². The summed E-state index contributed by atoms with van der Waals surface area (Å²) in [6.45, 7) is 1.17. The van der Waals surface area contributed by atoms with Crippen molar-refractivity contribution in [2.45, 2.75) is 19.8 Å². The lowest BCUT2D eigenvalue weighted by molar-refractivity contribution is -0.147. The molecular weight excluding hydrogens is 406 g/mol. The molecule has 0 aliphatic carbocycles. The van der Waals surface area contributed by atoms with Gasteiger partial charge in [-0.3, -0.25) is 23.9 Å². The number of ether oxygens (including phenoxy) is 1. The quantitative estimate of drug-likeness (QED) is 0.440. The fourth-order valence-corrected chi connectivity index (χ4v) is 3.58. The van der Waals surface area contributed by atoms with E-state index in [0.29, 0.717) is 16.3 Å². The number of nitrogens with zero attached hydrogens (tertiary/aromatic N) is 2. The van der Waals surface area contributed by atoms with Crippen LogP contribution in [0.2, 0.25) is 0 Å². The smallest absolute Gasteiger partial charge is 0.306 e. The summed E-state index contributed by atoms with van der Waals surface area (Å²) in [5.41, 5.74) is 0.957. The molecule has 9 heteroatoms. The topological polar surface area (TPSA) is 99.4 Å². The van der Waals surface area contributed by atoms with E-state index < -0.39 is 18.5 Å². The van der Waals surface area contributed by atoms with E-state index >= 15 is 0 Å². The standard InChI is InChI=1S/C21H21N3O5S/c1-14-20(21(28)24(23(14)2)15-7-4-3-5-8-15)22-18(26)13-29-19(27)11-10-16(25)17-9-6-12-30-17/h3-9,12H,10-11,13H2,1-2H3,(H,22,26). The maximum Gasteiger partial charge on any atom is 0.306 e. The van der Waals surface area contributed by atoms with Gasteiger partial charge >= 0.3 is 5.97 Å². The Hall–Kier alpha value is -3.46. The van der Waals surface area contributed by atoms with Crippen LogP contribution in [0.1, 0.15) is 28.2 Å². The van der Waals surface area contributed by atoms with Gasteiger partial charge in [0.1, 0.15) is 5.69 Å². The molecule has 0 bridgehead atoms. The van der Waals surface area contributed by atoms with Crippen molar-refractivity contribution in [1.82, 2.24) is 9.36 Å². The lowest BCUT2D eigenvalue weighted by Crippen LogP contribution is -2.26. The molecule has 156 valence electrons. The van der Waals surface area contributed by atoms with Crippen LogP contribution in [0.25, 0.3) is 5.69 Å². The second kappa shape index (κ2) is 9.36. The number of amides is 1. The Morgan fingerprint density at radius 2 is 1.80 bits per heavy atom. The highest BCUT2D eigenvalue weighted by atomic mass is 32.1. The maximum atomic E-state index is 12.8. The van der Waals surface area contributed by atoms with Gasteiger partial charge in [0.2, 0.25) is 0 Å². The predicted molar refractivity (Wildman–Crippen MR) is 113 cm³/mol. The lowest BCUT2D eigenvalue weighted by Gasteiger charge is -2.07. The largest absolute Gasteiger partial charge is 0.456 e. The Morgan fingerprint density at radius 1 is 1.07 bits per heavy atom.